The van der Waals surface area contributed by atoms with Gasteiger partial charge in [-0.05, 0) is 41.4 Å². The van der Waals surface area contributed by atoms with Crippen molar-refractivity contribution in [2.75, 3.05) is 14.2 Å². The molecule has 0 atom stereocenters. The number of halogens is 2. The highest BCUT2D eigenvalue weighted by Crippen LogP contribution is 2.34. The third-order valence-corrected chi connectivity index (χ3v) is 4.77. The maximum Gasteiger partial charge on any atom is 0.224 e. The average molecular weight is 388 g/mol. The molecule has 2 heterocycles. The minimum Gasteiger partial charge on any atom is -0.497 e. The average Bonchev–Trinajstić information content (AvgIpc) is 2.95. The molecule has 2 aromatic carbocycles. The molecule has 0 radical (unpaired) electrons. The molecule has 0 saturated heterocycles. The van der Waals surface area contributed by atoms with Crippen LogP contribution in [0.5, 0.6) is 11.5 Å². The third kappa shape index (κ3) is 2.83. The minimum atomic E-state index is 0.127. The summed E-state index contributed by atoms with van der Waals surface area (Å²) < 4.78 is 12.7. The highest BCUT2D eigenvalue weighted by atomic mass is 35.5. The summed E-state index contributed by atoms with van der Waals surface area (Å²) >= 11 is 12.5. The van der Waals surface area contributed by atoms with E-state index in [1.54, 1.807) is 14.2 Å². The van der Waals surface area contributed by atoms with Gasteiger partial charge in [-0.15, -0.1) is 0 Å². The van der Waals surface area contributed by atoms with Gasteiger partial charge in [0.2, 0.25) is 5.28 Å². The Kier molecular flexibility index (Phi) is 4.34. The number of rotatable bonds is 4. The van der Waals surface area contributed by atoms with Crippen molar-refractivity contribution < 1.29 is 9.47 Å². The molecule has 0 aliphatic rings. The highest BCUT2D eigenvalue weighted by Gasteiger charge is 2.18. The number of hydrogen-bond acceptors (Lipinski definition) is 4. The lowest BCUT2D eigenvalue weighted by Crippen LogP contribution is -2.01. The molecule has 0 spiro atoms. The first-order valence-corrected chi connectivity index (χ1v) is 8.68. The molecule has 4 rings (SSSR count). The van der Waals surface area contributed by atoms with Crippen LogP contribution in [-0.2, 0) is 6.54 Å². The number of ether oxygens (including phenoxy) is 2. The normalized spacial score (nSPS) is 11.2. The quantitative estimate of drug-likeness (QED) is 0.366. The minimum absolute atomic E-state index is 0.127. The lowest BCUT2D eigenvalue weighted by molar-refractivity contribution is 0.414. The number of aromatic nitrogens is 3. The van der Waals surface area contributed by atoms with Crippen LogP contribution in [0.1, 0.15) is 5.56 Å². The van der Waals surface area contributed by atoms with Crippen LogP contribution < -0.4 is 9.47 Å². The van der Waals surface area contributed by atoms with Crippen molar-refractivity contribution in [2.24, 2.45) is 0 Å². The standard InChI is InChI=1S/C19H15Cl2N3O2/c1-25-12-5-3-11(4-6-12)10-24-15-9-13(26-2)7-8-14(15)16-17(24)18(20)23-19(21)22-16/h3-9H,10H2,1-2H3. The molecule has 26 heavy (non-hydrogen) atoms. The van der Waals surface area contributed by atoms with Crippen LogP contribution in [0.2, 0.25) is 10.4 Å². The van der Waals surface area contributed by atoms with Crippen molar-refractivity contribution in [2.45, 2.75) is 6.54 Å². The second kappa shape index (κ2) is 6.67. The van der Waals surface area contributed by atoms with Crippen molar-refractivity contribution >= 4 is 45.1 Å². The largest absolute Gasteiger partial charge is 0.497 e. The SMILES string of the molecule is COc1ccc(Cn2c3cc(OC)ccc3c3nc(Cl)nc(Cl)c32)cc1. The Balaban J connectivity index is 1.97. The number of methoxy groups -OCH3 is 2. The number of nitrogens with zero attached hydrogens (tertiary/aromatic N) is 3. The first kappa shape index (κ1) is 16.9. The molecule has 0 aliphatic carbocycles. The Morgan fingerprint density at radius 2 is 1.62 bits per heavy atom. The lowest BCUT2D eigenvalue weighted by Gasteiger charge is -2.10. The fourth-order valence-electron chi connectivity index (χ4n) is 3.09. The summed E-state index contributed by atoms with van der Waals surface area (Å²) in [6.45, 7) is 0.599. The molecule has 0 saturated carbocycles. The summed E-state index contributed by atoms with van der Waals surface area (Å²) in [5.41, 5.74) is 3.52. The Morgan fingerprint density at radius 1 is 0.923 bits per heavy atom. The molecule has 0 aliphatic heterocycles. The summed E-state index contributed by atoms with van der Waals surface area (Å²) in [5, 5.41) is 1.39. The van der Waals surface area contributed by atoms with E-state index in [0.29, 0.717) is 11.7 Å². The second-order valence-corrected chi connectivity index (χ2v) is 6.49. The Hall–Kier alpha value is -2.50. The van der Waals surface area contributed by atoms with Gasteiger partial charge in [0.05, 0.1) is 19.7 Å². The first-order chi connectivity index (χ1) is 12.6. The van der Waals surface area contributed by atoms with E-state index in [1.165, 1.54) is 0 Å². The van der Waals surface area contributed by atoms with Crippen molar-refractivity contribution in [3.05, 3.63) is 58.5 Å². The summed E-state index contributed by atoms with van der Waals surface area (Å²) in [4.78, 5) is 8.51. The van der Waals surface area contributed by atoms with Gasteiger partial charge in [0.15, 0.2) is 5.15 Å². The lowest BCUT2D eigenvalue weighted by atomic mass is 10.2. The van der Waals surface area contributed by atoms with Gasteiger partial charge in [-0.2, -0.15) is 0 Å². The van der Waals surface area contributed by atoms with Crippen molar-refractivity contribution in [3.8, 4) is 11.5 Å². The van der Waals surface area contributed by atoms with Crippen molar-refractivity contribution in [1.29, 1.82) is 0 Å². The fraction of sp³-hybridized carbons (Fsp3) is 0.158. The van der Waals surface area contributed by atoms with Crippen LogP contribution in [0.3, 0.4) is 0 Å². The van der Waals surface area contributed by atoms with E-state index in [0.717, 1.165) is 39.0 Å². The Bertz CT molecular complexity index is 1110. The Labute approximate surface area is 160 Å². The molecule has 0 unspecified atom stereocenters. The summed E-state index contributed by atoms with van der Waals surface area (Å²) in [7, 11) is 3.29. The van der Waals surface area contributed by atoms with Crippen LogP contribution in [0.25, 0.3) is 21.9 Å². The molecule has 0 N–H and O–H groups in total. The zero-order valence-corrected chi connectivity index (χ0v) is 15.7. The van der Waals surface area contributed by atoms with Gasteiger partial charge in [-0.1, -0.05) is 23.7 Å². The predicted molar refractivity (Wildman–Crippen MR) is 104 cm³/mol. The van der Waals surface area contributed by atoms with Crippen molar-refractivity contribution in [1.82, 2.24) is 14.5 Å². The monoisotopic (exact) mass is 387 g/mol. The maximum atomic E-state index is 6.42. The van der Waals surface area contributed by atoms with E-state index in [-0.39, 0.29) is 5.28 Å². The molecule has 2 aromatic heterocycles. The predicted octanol–water partition coefficient (Wildman–Crippen LogP) is 4.96. The number of benzene rings is 2. The van der Waals surface area contributed by atoms with Crippen LogP contribution in [0.15, 0.2) is 42.5 Å². The van der Waals surface area contributed by atoms with E-state index < -0.39 is 0 Å². The fourth-order valence-corrected chi connectivity index (χ4v) is 3.57. The van der Waals surface area contributed by atoms with Gasteiger partial charge >= 0.3 is 0 Å². The van der Waals surface area contributed by atoms with Gasteiger partial charge in [0.25, 0.3) is 0 Å². The van der Waals surface area contributed by atoms with Crippen LogP contribution in [-0.4, -0.2) is 28.8 Å². The van der Waals surface area contributed by atoms with E-state index in [9.17, 15) is 0 Å². The molecule has 132 valence electrons. The molecular weight excluding hydrogens is 373 g/mol. The smallest absolute Gasteiger partial charge is 0.224 e. The third-order valence-electron chi connectivity index (χ3n) is 4.33. The number of fused-ring (bicyclic) bond motifs is 3. The molecule has 0 bridgehead atoms. The van der Waals surface area contributed by atoms with Gasteiger partial charge in [-0.25, -0.2) is 9.97 Å². The summed E-state index contributed by atoms with van der Waals surface area (Å²) in [5.74, 6) is 1.57. The van der Waals surface area contributed by atoms with Gasteiger partial charge in [0.1, 0.15) is 22.5 Å². The van der Waals surface area contributed by atoms with Gasteiger partial charge in [-0.3, -0.25) is 0 Å². The molecule has 0 fully saturated rings. The van der Waals surface area contributed by atoms with E-state index in [2.05, 4.69) is 14.5 Å². The van der Waals surface area contributed by atoms with Crippen LogP contribution >= 0.6 is 23.2 Å². The van der Waals surface area contributed by atoms with Crippen LogP contribution in [0, 0.1) is 0 Å². The zero-order chi connectivity index (χ0) is 18.3. The van der Waals surface area contributed by atoms with E-state index >= 15 is 0 Å². The molecular formula is C19H15Cl2N3O2. The van der Waals surface area contributed by atoms with Crippen molar-refractivity contribution in [3.63, 3.8) is 0 Å². The second-order valence-electron chi connectivity index (χ2n) is 5.80. The van der Waals surface area contributed by atoms with E-state index in [4.69, 9.17) is 32.7 Å². The molecule has 5 nitrogen and oxygen atoms in total. The summed E-state index contributed by atoms with van der Waals surface area (Å²) in [6.07, 6.45) is 0. The summed E-state index contributed by atoms with van der Waals surface area (Å²) in [6, 6.07) is 13.7. The van der Waals surface area contributed by atoms with Gasteiger partial charge < -0.3 is 14.0 Å². The zero-order valence-electron chi connectivity index (χ0n) is 14.2. The Morgan fingerprint density at radius 3 is 2.31 bits per heavy atom. The first-order valence-electron chi connectivity index (χ1n) is 7.92. The molecule has 7 heteroatoms. The van der Waals surface area contributed by atoms with Crippen LogP contribution in [0.4, 0.5) is 0 Å². The molecule has 0 amide bonds. The topological polar surface area (TPSA) is 49.2 Å². The maximum absolute atomic E-state index is 6.42. The van der Waals surface area contributed by atoms with Gasteiger partial charge in [0, 0.05) is 18.0 Å². The number of hydrogen-bond donors (Lipinski definition) is 0. The molecule has 4 aromatic rings. The van der Waals surface area contributed by atoms with E-state index in [1.807, 2.05) is 42.5 Å². The highest BCUT2D eigenvalue weighted by molar-refractivity contribution is 6.36.